The molecule has 0 saturated carbocycles. The molecule has 0 spiro atoms. The fourth-order valence-corrected chi connectivity index (χ4v) is 3.42. The van der Waals surface area contributed by atoms with E-state index in [-0.39, 0.29) is 17.4 Å². The van der Waals surface area contributed by atoms with Gasteiger partial charge in [-0.15, -0.1) is 11.3 Å². The molecule has 1 unspecified atom stereocenters. The molecule has 144 valence electrons. The Bertz CT molecular complexity index is 838. The summed E-state index contributed by atoms with van der Waals surface area (Å²) in [5, 5.41) is 15.1. The van der Waals surface area contributed by atoms with Crippen molar-refractivity contribution in [3.05, 3.63) is 50.7 Å². The van der Waals surface area contributed by atoms with Crippen LogP contribution in [0.5, 0.6) is 0 Å². The van der Waals surface area contributed by atoms with Gasteiger partial charge in [0, 0.05) is 38.8 Å². The fourth-order valence-electron chi connectivity index (χ4n) is 2.46. The molecular formula is C18H20ClN3O4S. The van der Waals surface area contributed by atoms with E-state index >= 15 is 0 Å². The van der Waals surface area contributed by atoms with Gasteiger partial charge < -0.3 is 20.6 Å². The molecule has 2 amide bonds. The monoisotopic (exact) mass is 409 g/mol. The number of aromatic carboxylic acids is 1. The van der Waals surface area contributed by atoms with Crippen molar-refractivity contribution in [2.24, 2.45) is 0 Å². The van der Waals surface area contributed by atoms with E-state index in [4.69, 9.17) is 16.7 Å². The van der Waals surface area contributed by atoms with E-state index in [1.54, 1.807) is 44.4 Å². The topological polar surface area (TPSA) is 98.7 Å². The molecule has 2 aromatic rings. The van der Waals surface area contributed by atoms with E-state index in [0.717, 1.165) is 17.7 Å². The maximum atomic E-state index is 12.0. The first-order chi connectivity index (χ1) is 12.8. The Morgan fingerprint density at radius 1 is 1.37 bits per heavy atom. The van der Waals surface area contributed by atoms with E-state index < -0.39 is 5.97 Å². The van der Waals surface area contributed by atoms with Crippen LogP contribution in [0.25, 0.3) is 0 Å². The first-order valence-corrected chi connectivity index (χ1v) is 9.27. The number of amides is 2. The molecule has 7 nitrogen and oxygen atoms in total. The number of anilines is 1. The second kappa shape index (κ2) is 9.38. The van der Waals surface area contributed by atoms with Gasteiger partial charge in [-0.05, 0) is 29.8 Å². The molecular weight excluding hydrogens is 390 g/mol. The van der Waals surface area contributed by atoms with Crippen molar-refractivity contribution in [2.75, 3.05) is 32.5 Å². The summed E-state index contributed by atoms with van der Waals surface area (Å²) >= 11 is 7.06. The van der Waals surface area contributed by atoms with Crippen molar-refractivity contribution in [3.8, 4) is 0 Å². The third kappa shape index (κ3) is 5.70. The van der Waals surface area contributed by atoms with Crippen molar-refractivity contribution in [1.82, 2.24) is 10.2 Å². The normalized spacial score (nSPS) is 14.3. The van der Waals surface area contributed by atoms with Gasteiger partial charge in [0.1, 0.15) is 0 Å². The Labute approximate surface area is 165 Å². The van der Waals surface area contributed by atoms with Crippen LogP contribution in [0.15, 0.2) is 30.3 Å². The summed E-state index contributed by atoms with van der Waals surface area (Å²) in [6.07, 6.45) is 0.750. The number of halogens is 1. The van der Waals surface area contributed by atoms with E-state index in [0.29, 0.717) is 22.3 Å². The van der Waals surface area contributed by atoms with Crippen LogP contribution in [0, 0.1) is 0 Å². The molecule has 9 heteroatoms. The molecule has 3 N–H and O–H groups in total. The molecule has 0 saturated heterocycles. The third-order valence-corrected chi connectivity index (χ3v) is 5.03. The van der Waals surface area contributed by atoms with E-state index in [1.807, 2.05) is 0 Å². The smallest absolute Gasteiger partial charge is 0.335 e. The molecule has 3 rings (SSSR count). The van der Waals surface area contributed by atoms with Crippen molar-refractivity contribution < 1.29 is 19.5 Å². The Balaban J connectivity index is 0.000000465. The molecule has 1 aromatic carbocycles. The zero-order valence-corrected chi connectivity index (χ0v) is 16.4. The van der Waals surface area contributed by atoms with E-state index in [1.165, 1.54) is 16.2 Å². The number of carbonyl (C=O) groups excluding carboxylic acids is 2. The van der Waals surface area contributed by atoms with Crippen LogP contribution in [0.2, 0.25) is 4.34 Å². The van der Waals surface area contributed by atoms with Gasteiger partial charge >= 0.3 is 5.97 Å². The maximum absolute atomic E-state index is 12.0. The van der Waals surface area contributed by atoms with Gasteiger partial charge in [0.15, 0.2) is 0 Å². The Morgan fingerprint density at radius 3 is 2.63 bits per heavy atom. The number of nitrogens with zero attached hydrogens (tertiary/aromatic N) is 1. The highest BCUT2D eigenvalue weighted by molar-refractivity contribution is 7.17. The number of hydrogen-bond donors (Lipinski definition) is 3. The molecule has 0 aliphatic carbocycles. The first-order valence-electron chi connectivity index (χ1n) is 8.08. The lowest BCUT2D eigenvalue weighted by atomic mass is 10.00. The van der Waals surface area contributed by atoms with E-state index in [9.17, 15) is 14.4 Å². The van der Waals surface area contributed by atoms with Gasteiger partial charge in [0.25, 0.3) is 5.91 Å². The minimum absolute atomic E-state index is 0.122. The summed E-state index contributed by atoms with van der Waals surface area (Å²) in [4.78, 5) is 34.4. The minimum atomic E-state index is -0.948. The van der Waals surface area contributed by atoms with Gasteiger partial charge in [0.05, 0.1) is 14.8 Å². The number of hydrogen-bond acceptors (Lipinski definition) is 5. The van der Waals surface area contributed by atoms with Crippen LogP contribution >= 0.6 is 22.9 Å². The molecule has 2 heterocycles. The molecule has 0 fully saturated rings. The summed E-state index contributed by atoms with van der Waals surface area (Å²) in [6, 6.07) is 8.40. The summed E-state index contributed by atoms with van der Waals surface area (Å²) in [5.74, 6) is -0.972. The Kier molecular flexibility index (Phi) is 7.20. The second-order valence-electron chi connectivity index (χ2n) is 6.07. The molecule has 0 radical (unpaired) electrons. The second-order valence-corrected chi connectivity index (χ2v) is 7.78. The number of fused-ring (bicyclic) bond motifs is 1. The SMILES string of the molecule is CN(C)C=O.O=C(O)c1ccc2c(c1)NCC2CNC(=O)c1ccc(Cl)s1. The Hall–Kier alpha value is -2.58. The van der Waals surface area contributed by atoms with Gasteiger partial charge in [-0.3, -0.25) is 9.59 Å². The van der Waals surface area contributed by atoms with Gasteiger partial charge in [-0.1, -0.05) is 17.7 Å². The van der Waals surface area contributed by atoms with Crippen molar-refractivity contribution >= 4 is 46.9 Å². The number of carboxylic acid groups (broad SMARTS) is 1. The van der Waals surface area contributed by atoms with Crippen LogP contribution in [-0.4, -0.2) is 55.5 Å². The summed E-state index contributed by atoms with van der Waals surface area (Å²) in [7, 11) is 3.38. The van der Waals surface area contributed by atoms with Gasteiger partial charge in [-0.25, -0.2) is 4.79 Å². The lowest BCUT2D eigenvalue weighted by Crippen LogP contribution is -2.28. The average Bonchev–Trinajstić information content (AvgIpc) is 3.25. The van der Waals surface area contributed by atoms with Crippen LogP contribution in [0.1, 0.15) is 31.5 Å². The molecule has 1 aromatic heterocycles. The summed E-state index contributed by atoms with van der Waals surface area (Å²) in [5.41, 5.74) is 2.09. The van der Waals surface area contributed by atoms with Crippen LogP contribution in [0.4, 0.5) is 5.69 Å². The predicted octanol–water partition coefficient (Wildman–Crippen LogP) is 2.74. The lowest BCUT2D eigenvalue weighted by Gasteiger charge is -2.11. The Morgan fingerprint density at radius 2 is 2.07 bits per heavy atom. The molecule has 0 bridgehead atoms. The predicted molar refractivity (Wildman–Crippen MR) is 106 cm³/mol. The average molecular weight is 410 g/mol. The quantitative estimate of drug-likeness (QED) is 0.659. The van der Waals surface area contributed by atoms with Crippen molar-refractivity contribution in [3.63, 3.8) is 0 Å². The van der Waals surface area contributed by atoms with Gasteiger partial charge in [-0.2, -0.15) is 0 Å². The molecule has 1 aliphatic rings. The highest BCUT2D eigenvalue weighted by Crippen LogP contribution is 2.32. The highest BCUT2D eigenvalue weighted by Gasteiger charge is 2.24. The molecule has 1 atom stereocenters. The molecule has 1 aliphatic heterocycles. The standard InChI is InChI=1S/C15H13ClN2O3S.C3H7NO/c16-13-4-3-12(22-13)14(19)18-7-9-6-17-11-5-8(15(20)21)1-2-10(9)11;1-4(2)3-5/h1-5,9,17H,6-7H2,(H,18,19)(H,20,21);3H,1-2H3. The summed E-state index contributed by atoms with van der Waals surface area (Å²) < 4.78 is 0.583. The largest absolute Gasteiger partial charge is 0.478 e. The number of benzene rings is 1. The number of thiophene rings is 1. The molecule has 27 heavy (non-hydrogen) atoms. The number of rotatable bonds is 5. The zero-order valence-electron chi connectivity index (χ0n) is 14.9. The van der Waals surface area contributed by atoms with Crippen LogP contribution < -0.4 is 10.6 Å². The number of carbonyl (C=O) groups is 3. The first kappa shape index (κ1) is 20.7. The van der Waals surface area contributed by atoms with Gasteiger partial charge in [0.2, 0.25) is 6.41 Å². The summed E-state index contributed by atoms with van der Waals surface area (Å²) in [6.45, 7) is 1.16. The van der Waals surface area contributed by atoms with Crippen LogP contribution in [-0.2, 0) is 4.79 Å². The van der Waals surface area contributed by atoms with E-state index in [2.05, 4.69) is 10.6 Å². The lowest BCUT2D eigenvalue weighted by molar-refractivity contribution is -0.115. The van der Waals surface area contributed by atoms with Crippen LogP contribution in [0.3, 0.4) is 0 Å². The third-order valence-electron chi connectivity index (χ3n) is 3.80. The van der Waals surface area contributed by atoms with Crippen molar-refractivity contribution in [1.29, 1.82) is 0 Å². The van der Waals surface area contributed by atoms with Crippen molar-refractivity contribution in [2.45, 2.75) is 5.92 Å². The number of carboxylic acids is 1. The zero-order chi connectivity index (χ0) is 20.0. The number of nitrogens with one attached hydrogen (secondary N) is 2. The fraction of sp³-hybridized carbons (Fsp3) is 0.278. The maximum Gasteiger partial charge on any atom is 0.335 e. The minimum Gasteiger partial charge on any atom is -0.478 e. The highest BCUT2D eigenvalue weighted by atomic mass is 35.5.